The summed E-state index contributed by atoms with van der Waals surface area (Å²) >= 11 is 6.02. The zero-order valence-electron chi connectivity index (χ0n) is 16.8. The Morgan fingerprint density at radius 3 is 2.33 bits per heavy atom. The van der Waals surface area contributed by atoms with Crippen LogP contribution in [0.15, 0.2) is 58.3 Å². The van der Waals surface area contributed by atoms with E-state index >= 15 is 0 Å². The summed E-state index contributed by atoms with van der Waals surface area (Å²) in [7, 11) is -7.58. The molecule has 0 unspecified atom stereocenters. The largest absolute Gasteiger partial charge is 0.265 e. The van der Waals surface area contributed by atoms with Crippen molar-refractivity contribution < 1.29 is 16.8 Å². The molecule has 7 nitrogen and oxygen atoms in total. The van der Waals surface area contributed by atoms with Gasteiger partial charge in [-0.3, -0.25) is 4.68 Å². The van der Waals surface area contributed by atoms with Crippen LogP contribution in [-0.4, -0.2) is 32.9 Å². The lowest BCUT2D eigenvalue weighted by Crippen LogP contribution is -2.24. The van der Waals surface area contributed by atoms with Gasteiger partial charge in [0.2, 0.25) is 10.0 Å². The van der Waals surface area contributed by atoms with Gasteiger partial charge in [-0.2, -0.15) is 5.10 Å². The Morgan fingerprint density at radius 2 is 1.70 bits per heavy atom. The average molecular weight is 468 g/mol. The number of hydrogen-bond acceptors (Lipinski definition) is 5. The monoisotopic (exact) mass is 467 g/mol. The van der Waals surface area contributed by atoms with Crippen LogP contribution in [0, 0.1) is 13.8 Å². The number of halogens is 1. The SMILES string of the molecule is Cc1cc(C)n(Cc2cccc(CNS(=O)(=O)c3cc(S(C)(=O)=O)ccc3Cl)c2)n1. The highest BCUT2D eigenvalue weighted by Gasteiger charge is 2.21. The molecule has 3 aromatic rings. The zero-order valence-corrected chi connectivity index (χ0v) is 19.1. The van der Waals surface area contributed by atoms with E-state index < -0.39 is 19.9 Å². The number of nitrogens with one attached hydrogen (secondary N) is 1. The Hall–Kier alpha value is -2.20. The molecule has 1 N–H and O–H groups in total. The number of rotatable bonds is 7. The smallest absolute Gasteiger partial charge is 0.242 e. The summed E-state index contributed by atoms with van der Waals surface area (Å²) in [5.74, 6) is 0. The molecule has 160 valence electrons. The summed E-state index contributed by atoms with van der Waals surface area (Å²) in [6.07, 6.45) is 1.01. The van der Waals surface area contributed by atoms with Gasteiger partial charge in [0.15, 0.2) is 9.84 Å². The minimum absolute atomic E-state index is 0.0344. The molecular weight excluding hydrogens is 446 g/mol. The molecule has 30 heavy (non-hydrogen) atoms. The van der Waals surface area contributed by atoms with Crippen LogP contribution in [0.2, 0.25) is 5.02 Å². The van der Waals surface area contributed by atoms with Crippen molar-refractivity contribution >= 4 is 31.5 Å². The Morgan fingerprint density at radius 1 is 1.00 bits per heavy atom. The predicted octanol–water partition coefficient (Wildman–Crippen LogP) is 3.08. The second-order valence-electron chi connectivity index (χ2n) is 7.09. The van der Waals surface area contributed by atoms with E-state index in [0.29, 0.717) is 6.54 Å². The predicted molar refractivity (Wildman–Crippen MR) is 116 cm³/mol. The summed E-state index contributed by atoms with van der Waals surface area (Å²) in [5.41, 5.74) is 3.71. The molecule has 0 fully saturated rings. The van der Waals surface area contributed by atoms with Crippen molar-refractivity contribution in [3.05, 3.63) is 76.1 Å². The van der Waals surface area contributed by atoms with Gasteiger partial charge in [-0.15, -0.1) is 0 Å². The highest BCUT2D eigenvalue weighted by molar-refractivity contribution is 7.91. The number of hydrogen-bond donors (Lipinski definition) is 1. The molecule has 3 rings (SSSR count). The minimum atomic E-state index is -4.01. The van der Waals surface area contributed by atoms with E-state index in [4.69, 9.17) is 11.6 Å². The van der Waals surface area contributed by atoms with E-state index in [1.807, 2.05) is 48.9 Å². The summed E-state index contributed by atoms with van der Waals surface area (Å²) in [5, 5.41) is 4.39. The van der Waals surface area contributed by atoms with Gasteiger partial charge in [0.05, 0.1) is 22.2 Å². The van der Waals surface area contributed by atoms with Gasteiger partial charge in [-0.05, 0) is 49.2 Å². The van der Waals surface area contributed by atoms with Crippen LogP contribution in [-0.2, 0) is 33.0 Å². The fourth-order valence-electron chi connectivity index (χ4n) is 3.02. The van der Waals surface area contributed by atoms with Crippen molar-refractivity contribution in [2.75, 3.05) is 6.26 Å². The maximum absolute atomic E-state index is 12.7. The van der Waals surface area contributed by atoms with Gasteiger partial charge in [0.1, 0.15) is 4.90 Å². The van der Waals surface area contributed by atoms with Crippen molar-refractivity contribution in [1.29, 1.82) is 0 Å². The maximum Gasteiger partial charge on any atom is 0.242 e. The molecule has 0 aliphatic carbocycles. The molecule has 2 aromatic carbocycles. The third-order valence-corrected chi connectivity index (χ3v) is 7.51. The molecule has 10 heteroatoms. The number of benzene rings is 2. The highest BCUT2D eigenvalue weighted by Crippen LogP contribution is 2.25. The van der Waals surface area contributed by atoms with Crippen molar-refractivity contribution in [2.45, 2.75) is 36.7 Å². The van der Waals surface area contributed by atoms with Crippen LogP contribution >= 0.6 is 11.6 Å². The molecular formula is C20H22ClN3O4S2. The Kier molecular flexibility index (Phi) is 6.37. The lowest BCUT2D eigenvalue weighted by Gasteiger charge is -2.11. The first kappa shape index (κ1) is 22.5. The second-order valence-corrected chi connectivity index (χ2v) is 11.3. The maximum atomic E-state index is 12.7. The fourth-order valence-corrected chi connectivity index (χ4v) is 5.29. The van der Waals surface area contributed by atoms with Gasteiger partial charge in [0.25, 0.3) is 0 Å². The van der Waals surface area contributed by atoms with Crippen LogP contribution < -0.4 is 4.72 Å². The lowest BCUT2D eigenvalue weighted by atomic mass is 10.1. The summed E-state index contributed by atoms with van der Waals surface area (Å²) in [6.45, 7) is 4.51. The molecule has 0 saturated heterocycles. The molecule has 0 aliphatic rings. The van der Waals surface area contributed by atoms with Crippen LogP contribution in [0.5, 0.6) is 0 Å². The Bertz CT molecular complexity index is 1300. The van der Waals surface area contributed by atoms with E-state index in [9.17, 15) is 16.8 Å². The van der Waals surface area contributed by atoms with Gasteiger partial charge >= 0.3 is 0 Å². The highest BCUT2D eigenvalue weighted by atomic mass is 35.5. The number of aromatic nitrogens is 2. The summed E-state index contributed by atoms with van der Waals surface area (Å²) in [4.78, 5) is -0.384. The fraction of sp³-hybridized carbons (Fsp3) is 0.250. The van der Waals surface area contributed by atoms with E-state index in [-0.39, 0.29) is 21.4 Å². The lowest BCUT2D eigenvalue weighted by molar-refractivity contribution is 0.581. The molecule has 0 atom stereocenters. The van der Waals surface area contributed by atoms with E-state index in [1.165, 1.54) is 12.1 Å². The average Bonchev–Trinajstić information content (AvgIpc) is 2.96. The van der Waals surface area contributed by atoms with E-state index in [1.54, 1.807) is 0 Å². The number of sulfonamides is 1. The molecule has 0 saturated carbocycles. The molecule has 0 spiro atoms. The van der Waals surface area contributed by atoms with Crippen LogP contribution in [0.25, 0.3) is 0 Å². The van der Waals surface area contributed by atoms with Crippen LogP contribution in [0.4, 0.5) is 0 Å². The van der Waals surface area contributed by atoms with E-state index in [2.05, 4.69) is 9.82 Å². The van der Waals surface area contributed by atoms with Gasteiger partial charge in [-0.1, -0.05) is 35.9 Å². The second kappa shape index (κ2) is 8.50. The molecule has 0 amide bonds. The molecule has 1 heterocycles. The molecule has 0 bridgehead atoms. The molecule has 1 aromatic heterocycles. The third-order valence-electron chi connectivity index (χ3n) is 4.51. The number of aryl methyl sites for hydroxylation is 2. The third kappa shape index (κ3) is 5.28. The molecule has 0 radical (unpaired) electrons. The van der Waals surface area contributed by atoms with Crippen molar-refractivity contribution in [3.8, 4) is 0 Å². The summed E-state index contributed by atoms with van der Waals surface area (Å²) < 4.78 is 53.3. The van der Waals surface area contributed by atoms with Gasteiger partial charge in [0, 0.05) is 18.5 Å². The summed E-state index contributed by atoms with van der Waals surface area (Å²) in [6, 6.07) is 13.1. The van der Waals surface area contributed by atoms with Crippen LogP contribution in [0.1, 0.15) is 22.5 Å². The van der Waals surface area contributed by atoms with Gasteiger partial charge in [-0.25, -0.2) is 21.6 Å². The zero-order chi connectivity index (χ0) is 22.1. The first-order valence-corrected chi connectivity index (χ1v) is 12.8. The van der Waals surface area contributed by atoms with Gasteiger partial charge < -0.3 is 0 Å². The number of nitrogens with zero attached hydrogens (tertiary/aromatic N) is 2. The Balaban J connectivity index is 1.79. The van der Waals surface area contributed by atoms with Crippen molar-refractivity contribution in [2.24, 2.45) is 0 Å². The normalized spacial score (nSPS) is 12.3. The standard InChI is InChI=1S/C20H22ClN3O4S2/c1-14-9-15(2)24(23-14)13-17-6-4-5-16(10-17)12-22-30(27,28)20-11-18(29(3,25)26)7-8-19(20)21/h4-11,22H,12-13H2,1-3H3. The quantitative estimate of drug-likeness (QED) is 0.575. The van der Waals surface area contributed by atoms with Crippen molar-refractivity contribution in [1.82, 2.24) is 14.5 Å². The van der Waals surface area contributed by atoms with Crippen molar-refractivity contribution in [3.63, 3.8) is 0 Å². The number of sulfone groups is 1. The molecule has 0 aliphatic heterocycles. The first-order chi connectivity index (χ1) is 14.0. The Labute approximate surface area is 181 Å². The first-order valence-electron chi connectivity index (χ1n) is 9.04. The topological polar surface area (TPSA) is 98.1 Å². The van der Waals surface area contributed by atoms with Crippen LogP contribution in [0.3, 0.4) is 0 Å². The minimum Gasteiger partial charge on any atom is -0.265 e. The van der Waals surface area contributed by atoms with E-state index in [0.717, 1.165) is 34.8 Å².